The Bertz CT molecular complexity index is 390. The van der Waals surface area contributed by atoms with Gasteiger partial charge in [0.2, 0.25) is 0 Å². The molecule has 2 nitrogen and oxygen atoms in total. The number of benzene rings is 1. The van der Waals surface area contributed by atoms with Crippen molar-refractivity contribution in [2.24, 2.45) is 0 Å². The van der Waals surface area contributed by atoms with E-state index in [2.05, 4.69) is 62.4 Å². The molecule has 1 aromatic carbocycles. The van der Waals surface area contributed by atoms with Crippen molar-refractivity contribution in [2.45, 2.75) is 27.2 Å². The van der Waals surface area contributed by atoms with Crippen LogP contribution in [-0.4, -0.2) is 38.1 Å². The molecule has 0 atom stereocenters. The van der Waals surface area contributed by atoms with Crippen LogP contribution in [0.3, 0.4) is 0 Å². The molecule has 0 radical (unpaired) electrons. The molecule has 0 aromatic heterocycles. The summed E-state index contributed by atoms with van der Waals surface area (Å²) in [4.78, 5) is 4.84. The molecule has 0 spiro atoms. The monoisotopic (exact) mass is 260 g/mol. The molecule has 0 saturated carbocycles. The van der Waals surface area contributed by atoms with Gasteiger partial charge in [-0.1, -0.05) is 45.1 Å². The number of piperazine rings is 1. The Kier molecular flexibility index (Phi) is 6.65. The lowest BCUT2D eigenvalue weighted by Crippen LogP contribution is -2.44. The van der Waals surface area contributed by atoms with Crippen LogP contribution in [0.5, 0.6) is 0 Å². The lowest BCUT2D eigenvalue weighted by molar-refractivity contribution is 0.313. The van der Waals surface area contributed by atoms with Crippen molar-refractivity contribution >= 4 is 11.8 Å². The van der Waals surface area contributed by atoms with Crippen molar-refractivity contribution in [1.82, 2.24) is 4.90 Å². The Morgan fingerprint density at radius 2 is 1.74 bits per heavy atom. The molecule has 0 N–H and O–H groups in total. The van der Waals surface area contributed by atoms with Gasteiger partial charge in [0, 0.05) is 37.4 Å². The molecule has 1 aliphatic heterocycles. The summed E-state index contributed by atoms with van der Waals surface area (Å²) in [7, 11) is 2.18. The molecule has 0 aliphatic carbocycles. The van der Waals surface area contributed by atoms with Gasteiger partial charge in [0.25, 0.3) is 0 Å². The lowest BCUT2D eigenvalue weighted by atomic mass is 10.1. The fourth-order valence-electron chi connectivity index (χ4n) is 2.25. The number of nitrogens with zero attached hydrogens (tertiary/aromatic N) is 2. The standard InChI is InChI=1S/C14H20N2.C3H8/c1-4-13-12(2)6-5-7-14(13)16-10-8-15(3)9-11-16;1-3-2/h4-7H,1,8-11H2,2-3H3;3H2,1-2H3. The fraction of sp³-hybridized carbons (Fsp3) is 0.529. The molecular formula is C17H28N2. The highest BCUT2D eigenvalue weighted by Gasteiger charge is 2.16. The average Bonchev–Trinajstić information content (AvgIpc) is 2.40. The van der Waals surface area contributed by atoms with Crippen molar-refractivity contribution in [3.8, 4) is 0 Å². The molecule has 1 fully saturated rings. The number of rotatable bonds is 2. The minimum absolute atomic E-state index is 1.11. The molecule has 1 aliphatic rings. The summed E-state index contributed by atoms with van der Waals surface area (Å²) < 4.78 is 0. The first-order valence-electron chi connectivity index (χ1n) is 7.29. The Labute approximate surface area is 118 Å². The predicted octanol–water partition coefficient (Wildman–Crippen LogP) is 3.81. The summed E-state index contributed by atoms with van der Waals surface area (Å²) in [6.45, 7) is 14.8. The minimum atomic E-state index is 1.11. The van der Waals surface area contributed by atoms with Crippen molar-refractivity contribution in [3.63, 3.8) is 0 Å². The summed E-state index contributed by atoms with van der Waals surface area (Å²) in [6.07, 6.45) is 3.23. The molecular weight excluding hydrogens is 232 g/mol. The highest BCUT2D eigenvalue weighted by Crippen LogP contribution is 2.25. The molecule has 0 unspecified atom stereocenters. The number of likely N-dealkylation sites (N-methyl/N-ethyl adjacent to an activating group) is 1. The first kappa shape index (κ1) is 15.8. The van der Waals surface area contributed by atoms with E-state index in [4.69, 9.17) is 0 Å². The summed E-state index contributed by atoms with van der Waals surface area (Å²) in [5.74, 6) is 0. The fourth-order valence-corrected chi connectivity index (χ4v) is 2.25. The third-order valence-corrected chi connectivity index (χ3v) is 3.35. The van der Waals surface area contributed by atoms with Crippen molar-refractivity contribution in [1.29, 1.82) is 0 Å². The number of aryl methyl sites for hydroxylation is 1. The summed E-state index contributed by atoms with van der Waals surface area (Å²) >= 11 is 0. The van der Waals surface area contributed by atoms with Crippen LogP contribution in [-0.2, 0) is 0 Å². The van der Waals surface area contributed by atoms with Crippen molar-refractivity contribution in [2.75, 3.05) is 38.1 Å². The molecule has 1 saturated heterocycles. The molecule has 19 heavy (non-hydrogen) atoms. The van der Waals surface area contributed by atoms with Gasteiger partial charge in [0.1, 0.15) is 0 Å². The van der Waals surface area contributed by atoms with Gasteiger partial charge < -0.3 is 9.80 Å². The van der Waals surface area contributed by atoms with Crippen LogP contribution in [0, 0.1) is 6.92 Å². The van der Waals surface area contributed by atoms with Crippen LogP contribution in [0.25, 0.3) is 6.08 Å². The largest absolute Gasteiger partial charge is 0.368 e. The van der Waals surface area contributed by atoms with E-state index in [1.54, 1.807) is 0 Å². The van der Waals surface area contributed by atoms with E-state index in [1.807, 2.05) is 6.08 Å². The number of hydrogen-bond acceptors (Lipinski definition) is 2. The zero-order valence-corrected chi connectivity index (χ0v) is 12.9. The van der Waals surface area contributed by atoms with Crippen LogP contribution in [0.2, 0.25) is 0 Å². The van der Waals surface area contributed by atoms with E-state index >= 15 is 0 Å². The van der Waals surface area contributed by atoms with Gasteiger partial charge in [0.15, 0.2) is 0 Å². The molecule has 1 heterocycles. The maximum Gasteiger partial charge on any atom is 0.0443 e. The van der Waals surface area contributed by atoms with Crippen molar-refractivity contribution < 1.29 is 0 Å². The SMILES string of the molecule is C=Cc1c(C)cccc1N1CCN(C)CC1.CCC. The Balaban J connectivity index is 0.000000550. The van der Waals surface area contributed by atoms with Crippen LogP contribution in [0.15, 0.2) is 24.8 Å². The normalized spacial score (nSPS) is 15.7. The Hall–Kier alpha value is -1.28. The van der Waals surface area contributed by atoms with E-state index in [9.17, 15) is 0 Å². The third kappa shape index (κ3) is 4.39. The summed E-state index contributed by atoms with van der Waals surface area (Å²) in [6, 6.07) is 6.49. The van der Waals surface area contributed by atoms with Crippen LogP contribution >= 0.6 is 0 Å². The van der Waals surface area contributed by atoms with Crippen molar-refractivity contribution in [3.05, 3.63) is 35.9 Å². The second kappa shape index (κ2) is 8.00. The lowest BCUT2D eigenvalue weighted by Gasteiger charge is -2.35. The molecule has 1 aromatic rings. The summed E-state index contributed by atoms with van der Waals surface area (Å²) in [5.41, 5.74) is 3.93. The first-order valence-corrected chi connectivity index (χ1v) is 7.29. The Morgan fingerprint density at radius 1 is 1.16 bits per heavy atom. The van der Waals surface area contributed by atoms with Gasteiger partial charge in [0.05, 0.1) is 0 Å². The average molecular weight is 260 g/mol. The van der Waals surface area contributed by atoms with E-state index in [-0.39, 0.29) is 0 Å². The third-order valence-electron chi connectivity index (χ3n) is 3.35. The summed E-state index contributed by atoms with van der Waals surface area (Å²) in [5, 5.41) is 0. The minimum Gasteiger partial charge on any atom is -0.368 e. The van der Waals surface area contributed by atoms with Gasteiger partial charge in [-0.2, -0.15) is 0 Å². The molecule has 2 heteroatoms. The Morgan fingerprint density at radius 3 is 2.26 bits per heavy atom. The quantitative estimate of drug-likeness (QED) is 0.798. The second-order valence-electron chi connectivity index (χ2n) is 5.21. The van der Waals surface area contributed by atoms with Crippen LogP contribution in [0.1, 0.15) is 31.4 Å². The zero-order chi connectivity index (χ0) is 14.3. The van der Waals surface area contributed by atoms with Gasteiger partial charge in [-0.25, -0.2) is 0 Å². The molecule has 106 valence electrons. The molecule has 0 bridgehead atoms. The molecule has 0 amide bonds. The number of hydrogen-bond donors (Lipinski definition) is 0. The van der Waals surface area contributed by atoms with E-state index in [1.165, 1.54) is 23.2 Å². The van der Waals surface area contributed by atoms with Crippen LogP contribution in [0.4, 0.5) is 5.69 Å². The second-order valence-corrected chi connectivity index (χ2v) is 5.21. The van der Waals surface area contributed by atoms with Gasteiger partial charge in [-0.05, 0) is 25.6 Å². The first-order chi connectivity index (χ1) is 9.13. The van der Waals surface area contributed by atoms with Gasteiger partial charge in [-0.15, -0.1) is 0 Å². The van der Waals surface area contributed by atoms with Crippen LogP contribution < -0.4 is 4.90 Å². The van der Waals surface area contributed by atoms with E-state index in [0.717, 1.165) is 26.2 Å². The van der Waals surface area contributed by atoms with Gasteiger partial charge >= 0.3 is 0 Å². The van der Waals surface area contributed by atoms with Gasteiger partial charge in [-0.3, -0.25) is 0 Å². The highest BCUT2D eigenvalue weighted by molar-refractivity contribution is 5.69. The zero-order valence-electron chi connectivity index (χ0n) is 12.9. The smallest absolute Gasteiger partial charge is 0.0443 e. The predicted molar refractivity (Wildman–Crippen MR) is 86.9 cm³/mol. The van der Waals surface area contributed by atoms with E-state index < -0.39 is 0 Å². The van der Waals surface area contributed by atoms with E-state index in [0.29, 0.717) is 0 Å². The maximum atomic E-state index is 3.93. The highest BCUT2D eigenvalue weighted by atomic mass is 15.2. The maximum absolute atomic E-state index is 3.93. The topological polar surface area (TPSA) is 6.48 Å². The number of anilines is 1. The molecule has 2 rings (SSSR count).